The van der Waals surface area contributed by atoms with E-state index in [1.807, 2.05) is 0 Å². The number of hydrogen-bond donors (Lipinski definition) is 0. The van der Waals surface area contributed by atoms with Gasteiger partial charge in [-0.15, -0.1) is 0 Å². The number of aromatic nitrogens is 4. The SMILES string of the molecule is N#Cc1ccc2oc(N3CC4CN(C(=O)c5c(F)cccc5-n5nccn5)CC4C3)nc2c1. The average molecular weight is 443 g/mol. The summed E-state index contributed by atoms with van der Waals surface area (Å²) in [5, 5.41) is 17.2. The first-order chi connectivity index (χ1) is 16.1. The molecule has 2 unspecified atom stereocenters. The maximum Gasteiger partial charge on any atom is 0.298 e. The van der Waals surface area contributed by atoms with Crippen LogP contribution in [0.3, 0.4) is 0 Å². The molecule has 0 saturated carbocycles. The van der Waals surface area contributed by atoms with E-state index in [-0.39, 0.29) is 23.3 Å². The van der Waals surface area contributed by atoms with Crippen molar-refractivity contribution in [1.29, 1.82) is 5.26 Å². The number of likely N-dealkylation sites (tertiary alicyclic amines) is 1. The highest BCUT2D eigenvalue weighted by atomic mass is 19.1. The molecule has 0 N–H and O–H groups in total. The predicted octanol–water partition coefficient (Wildman–Crippen LogP) is 2.63. The van der Waals surface area contributed by atoms with Gasteiger partial charge in [-0.05, 0) is 30.3 Å². The van der Waals surface area contributed by atoms with Gasteiger partial charge < -0.3 is 14.2 Å². The van der Waals surface area contributed by atoms with Gasteiger partial charge in [-0.3, -0.25) is 4.79 Å². The van der Waals surface area contributed by atoms with Crippen molar-refractivity contribution in [3.8, 4) is 11.8 Å². The van der Waals surface area contributed by atoms with Crippen LogP contribution in [0.2, 0.25) is 0 Å². The van der Waals surface area contributed by atoms with Gasteiger partial charge in [-0.2, -0.15) is 25.2 Å². The topological polar surface area (TPSA) is 104 Å². The van der Waals surface area contributed by atoms with E-state index in [1.165, 1.54) is 23.3 Å². The first-order valence-electron chi connectivity index (χ1n) is 10.6. The van der Waals surface area contributed by atoms with Crippen LogP contribution >= 0.6 is 0 Å². The molecule has 2 fully saturated rings. The van der Waals surface area contributed by atoms with Gasteiger partial charge in [-0.25, -0.2) is 4.39 Å². The molecule has 33 heavy (non-hydrogen) atoms. The third kappa shape index (κ3) is 3.20. The van der Waals surface area contributed by atoms with Crippen molar-refractivity contribution >= 4 is 23.0 Å². The van der Waals surface area contributed by atoms with Crippen LogP contribution in [-0.2, 0) is 0 Å². The lowest BCUT2D eigenvalue weighted by molar-refractivity contribution is 0.0777. The second kappa shape index (κ2) is 7.41. The molecule has 164 valence electrons. The highest BCUT2D eigenvalue weighted by Crippen LogP contribution is 2.36. The molecule has 4 heterocycles. The van der Waals surface area contributed by atoms with E-state index in [0.717, 1.165) is 0 Å². The monoisotopic (exact) mass is 443 g/mol. The van der Waals surface area contributed by atoms with Crippen molar-refractivity contribution < 1.29 is 13.6 Å². The van der Waals surface area contributed by atoms with E-state index in [4.69, 9.17) is 9.68 Å². The number of oxazole rings is 1. The van der Waals surface area contributed by atoms with Gasteiger partial charge in [0, 0.05) is 38.0 Å². The number of carbonyl (C=O) groups excluding carboxylic acids is 1. The first kappa shape index (κ1) is 19.4. The number of halogens is 1. The molecule has 1 amide bonds. The van der Waals surface area contributed by atoms with Crippen molar-refractivity contribution in [3.63, 3.8) is 0 Å². The number of amides is 1. The maximum atomic E-state index is 14.7. The van der Waals surface area contributed by atoms with Gasteiger partial charge in [0.25, 0.3) is 11.9 Å². The Bertz CT molecular complexity index is 1390. The number of carbonyl (C=O) groups is 1. The zero-order valence-electron chi connectivity index (χ0n) is 17.4. The lowest BCUT2D eigenvalue weighted by Gasteiger charge is -2.22. The molecular formula is C23H18FN7O2. The number of benzene rings is 2. The lowest BCUT2D eigenvalue weighted by atomic mass is 10.0. The van der Waals surface area contributed by atoms with E-state index in [2.05, 4.69) is 26.2 Å². The van der Waals surface area contributed by atoms with Crippen LogP contribution in [0, 0.1) is 29.0 Å². The van der Waals surface area contributed by atoms with E-state index in [0.29, 0.717) is 54.5 Å². The summed E-state index contributed by atoms with van der Waals surface area (Å²) in [4.78, 5) is 22.9. The minimum atomic E-state index is -0.586. The molecule has 10 heteroatoms. The lowest BCUT2D eigenvalue weighted by Crippen LogP contribution is -2.34. The number of anilines is 1. The molecule has 2 atom stereocenters. The van der Waals surface area contributed by atoms with Crippen LogP contribution < -0.4 is 4.90 Å². The number of fused-ring (bicyclic) bond motifs is 2. The van der Waals surface area contributed by atoms with Gasteiger partial charge >= 0.3 is 0 Å². The van der Waals surface area contributed by atoms with Crippen molar-refractivity contribution in [2.75, 3.05) is 31.1 Å². The van der Waals surface area contributed by atoms with Crippen molar-refractivity contribution in [2.45, 2.75) is 0 Å². The molecular weight excluding hydrogens is 425 g/mol. The molecule has 0 spiro atoms. The van der Waals surface area contributed by atoms with Crippen molar-refractivity contribution in [1.82, 2.24) is 24.9 Å². The van der Waals surface area contributed by atoms with Crippen LogP contribution in [0.4, 0.5) is 10.4 Å². The third-order valence-electron chi connectivity index (χ3n) is 6.39. The van der Waals surface area contributed by atoms with Crippen LogP contribution in [0.25, 0.3) is 16.8 Å². The standard InChI is InChI=1S/C23H18FN7O2/c24-17-2-1-3-19(31-26-6-7-27-31)21(17)22(32)29-10-15-12-30(13-16(15)11-29)23-28-18-8-14(9-25)4-5-20(18)33-23/h1-8,15-16H,10-13H2. The Morgan fingerprint density at radius 1 is 1.09 bits per heavy atom. The highest BCUT2D eigenvalue weighted by molar-refractivity contribution is 5.98. The Morgan fingerprint density at radius 3 is 2.58 bits per heavy atom. The maximum absolute atomic E-state index is 14.7. The summed E-state index contributed by atoms with van der Waals surface area (Å²) >= 11 is 0. The molecule has 2 saturated heterocycles. The Balaban J connectivity index is 1.20. The molecule has 2 aromatic carbocycles. The molecule has 6 rings (SSSR count). The van der Waals surface area contributed by atoms with Crippen molar-refractivity contribution in [3.05, 3.63) is 65.7 Å². The Morgan fingerprint density at radius 2 is 1.85 bits per heavy atom. The van der Waals surface area contributed by atoms with E-state index in [9.17, 15) is 9.18 Å². The van der Waals surface area contributed by atoms with Gasteiger partial charge in [0.1, 0.15) is 22.6 Å². The largest absolute Gasteiger partial charge is 0.423 e. The molecule has 0 bridgehead atoms. The Kier molecular flexibility index (Phi) is 4.36. The number of hydrogen-bond acceptors (Lipinski definition) is 7. The molecule has 2 aliphatic heterocycles. The third-order valence-corrected chi connectivity index (χ3v) is 6.39. The predicted molar refractivity (Wildman–Crippen MR) is 115 cm³/mol. The smallest absolute Gasteiger partial charge is 0.298 e. The summed E-state index contributed by atoms with van der Waals surface area (Å²) < 4.78 is 20.6. The quantitative estimate of drug-likeness (QED) is 0.479. The van der Waals surface area contributed by atoms with Gasteiger partial charge in [0.05, 0.1) is 24.0 Å². The Labute approximate surface area is 187 Å². The van der Waals surface area contributed by atoms with Gasteiger partial charge in [0.2, 0.25) is 0 Å². The minimum absolute atomic E-state index is 0.0159. The molecule has 0 radical (unpaired) electrons. The zero-order chi connectivity index (χ0) is 22.5. The fraction of sp³-hybridized carbons (Fsp3) is 0.261. The van der Waals surface area contributed by atoms with E-state index in [1.54, 1.807) is 35.2 Å². The summed E-state index contributed by atoms with van der Waals surface area (Å²) in [5.74, 6) is -0.475. The van der Waals surface area contributed by atoms with Gasteiger partial charge in [0.15, 0.2) is 5.58 Å². The molecule has 2 aliphatic rings. The number of nitrogens with zero attached hydrogens (tertiary/aromatic N) is 7. The highest BCUT2D eigenvalue weighted by Gasteiger charge is 2.43. The molecule has 9 nitrogen and oxygen atoms in total. The average Bonchev–Trinajstić information content (AvgIpc) is 3.60. The number of nitriles is 1. The van der Waals surface area contributed by atoms with E-state index >= 15 is 0 Å². The van der Waals surface area contributed by atoms with E-state index < -0.39 is 5.82 Å². The minimum Gasteiger partial charge on any atom is -0.423 e. The van der Waals surface area contributed by atoms with Crippen LogP contribution in [0.1, 0.15) is 15.9 Å². The molecule has 0 aliphatic carbocycles. The second-order valence-electron chi connectivity index (χ2n) is 8.38. The summed E-state index contributed by atoms with van der Waals surface area (Å²) in [7, 11) is 0. The normalized spacial score (nSPS) is 19.8. The van der Waals surface area contributed by atoms with Crippen LogP contribution in [0.5, 0.6) is 0 Å². The van der Waals surface area contributed by atoms with Crippen molar-refractivity contribution in [2.24, 2.45) is 11.8 Å². The first-order valence-corrected chi connectivity index (χ1v) is 10.6. The Hall–Kier alpha value is -4.26. The fourth-order valence-corrected chi connectivity index (χ4v) is 4.82. The zero-order valence-corrected chi connectivity index (χ0v) is 17.4. The summed E-state index contributed by atoms with van der Waals surface area (Å²) in [6, 6.07) is 12.3. The summed E-state index contributed by atoms with van der Waals surface area (Å²) in [5.41, 5.74) is 2.13. The fourth-order valence-electron chi connectivity index (χ4n) is 4.82. The second-order valence-corrected chi connectivity index (χ2v) is 8.38. The molecule has 4 aromatic rings. The van der Waals surface area contributed by atoms with Gasteiger partial charge in [-0.1, -0.05) is 6.07 Å². The summed E-state index contributed by atoms with van der Waals surface area (Å²) in [6.45, 7) is 2.44. The van der Waals surface area contributed by atoms with Crippen LogP contribution in [0.15, 0.2) is 53.2 Å². The summed E-state index contributed by atoms with van der Waals surface area (Å²) in [6.07, 6.45) is 2.97. The molecule has 2 aromatic heterocycles. The van der Waals surface area contributed by atoms with Crippen LogP contribution in [-0.4, -0.2) is 57.0 Å². The number of rotatable bonds is 3.